The summed E-state index contributed by atoms with van der Waals surface area (Å²) >= 11 is 0. The summed E-state index contributed by atoms with van der Waals surface area (Å²) in [5, 5.41) is 0. The molecule has 18 heavy (non-hydrogen) atoms. The Morgan fingerprint density at radius 3 is 2.11 bits per heavy atom. The molecule has 1 fully saturated rings. The predicted molar refractivity (Wildman–Crippen MR) is 72.1 cm³/mol. The zero-order valence-electron chi connectivity index (χ0n) is 12.1. The summed E-state index contributed by atoms with van der Waals surface area (Å²) in [6.45, 7) is 8.35. The van der Waals surface area contributed by atoms with Crippen LogP contribution in [-0.2, 0) is 9.59 Å². The van der Waals surface area contributed by atoms with Gasteiger partial charge in [0, 0.05) is 26.7 Å². The van der Waals surface area contributed by atoms with Gasteiger partial charge in [0.15, 0.2) is 0 Å². The molecule has 2 amide bonds. The second kappa shape index (κ2) is 6.76. The Morgan fingerprint density at radius 2 is 1.61 bits per heavy atom. The molecule has 2 atom stereocenters. The average Bonchev–Trinajstić information content (AvgIpc) is 3.16. The molecule has 104 valence electrons. The summed E-state index contributed by atoms with van der Waals surface area (Å²) < 4.78 is 0. The first-order valence-corrected chi connectivity index (χ1v) is 7.10. The number of hydrogen-bond donors (Lipinski definition) is 0. The van der Waals surface area contributed by atoms with E-state index in [2.05, 4.69) is 6.92 Å². The van der Waals surface area contributed by atoms with Crippen molar-refractivity contribution < 1.29 is 9.59 Å². The fourth-order valence-corrected chi connectivity index (χ4v) is 2.30. The second-order valence-corrected chi connectivity index (χ2v) is 5.07. The van der Waals surface area contributed by atoms with E-state index < -0.39 is 0 Å². The Labute approximate surface area is 110 Å². The third-order valence-corrected chi connectivity index (χ3v) is 3.72. The predicted octanol–water partition coefficient (Wildman–Crippen LogP) is 1.75. The van der Waals surface area contributed by atoms with Crippen molar-refractivity contribution in [3.05, 3.63) is 0 Å². The molecule has 0 aliphatic heterocycles. The topological polar surface area (TPSA) is 40.6 Å². The number of hydrogen-bond acceptors (Lipinski definition) is 2. The maximum atomic E-state index is 12.1. The molecule has 0 spiro atoms. The van der Waals surface area contributed by atoms with E-state index in [0.717, 1.165) is 38.9 Å². The Hall–Kier alpha value is -1.06. The summed E-state index contributed by atoms with van der Waals surface area (Å²) in [7, 11) is 1.84. The largest absolute Gasteiger partial charge is 0.346 e. The molecule has 0 radical (unpaired) electrons. The molecule has 1 rings (SSSR count). The van der Waals surface area contributed by atoms with Crippen LogP contribution in [0.3, 0.4) is 0 Å². The van der Waals surface area contributed by atoms with Gasteiger partial charge in [-0.3, -0.25) is 9.59 Å². The molecule has 0 aromatic carbocycles. The van der Waals surface area contributed by atoms with Crippen molar-refractivity contribution in [2.45, 2.75) is 40.0 Å². The lowest BCUT2D eigenvalue weighted by atomic mass is 10.2. The second-order valence-electron chi connectivity index (χ2n) is 5.07. The standard InChI is InChI=1S/C14H26N2O2/c1-5-8-9-15(4)13(17)11-10-12(11)14(18)16(6-2)7-3/h11-12H,5-10H2,1-4H3. The first kappa shape index (κ1) is 15.0. The Bertz CT molecular complexity index is 300. The van der Waals surface area contributed by atoms with Crippen molar-refractivity contribution >= 4 is 11.8 Å². The van der Waals surface area contributed by atoms with Gasteiger partial charge in [0.1, 0.15) is 0 Å². The first-order chi connectivity index (χ1) is 8.56. The number of nitrogens with zero attached hydrogens (tertiary/aromatic N) is 2. The van der Waals surface area contributed by atoms with Crippen LogP contribution in [0.4, 0.5) is 0 Å². The van der Waals surface area contributed by atoms with Gasteiger partial charge < -0.3 is 9.80 Å². The molecule has 0 saturated heterocycles. The highest BCUT2D eigenvalue weighted by Crippen LogP contribution is 2.41. The summed E-state index contributed by atoms with van der Waals surface area (Å²) in [4.78, 5) is 27.8. The molecule has 2 unspecified atom stereocenters. The molecule has 0 heterocycles. The van der Waals surface area contributed by atoms with E-state index in [-0.39, 0.29) is 23.7 Å². The molecule has 0 aromatic rings. The van der Waals surface area contributed by atoms with E-state index in [4.69, 9.17) is 0 Å². The van der Waals surface area contributed by atoms with E-state index in [9.17, 15) is 9.59 Å². The highest BCUT2D eigenvalue weighted by Gasteiger charge is 2.49. The summed E-state index contributed by atoms with van der Waals surface area (Å²) in [5.41, 5.74) is 0. The maximum Gasteiger partial charge on any atom is 0.226 e. The van der Waals surface area contributed by atoms with Gasteiger partial charge in [-0.2, -0.15) is 0 Å². The maximum absolute atomic E-state index is 12.1. The van der Waals surface area contributed by atoms with Crippen LogP contribution in [0.15, 0.2) is 0 Å². The van der Waals surface area contributed by atoms with Gasteiger partial charge in [-0.25, -0.2) is 0 Å². The van der Waals surface area contributed by atoms with Crippen molar-refractivity contribution in [3.63, 3.8) is 0 Å². The smallest absolute Gasteiger partial charge is 0.226 e. The molecule has 0 bridgehead atoms. The first-order valence-electron chi connectivity index (χ1n) is 7.10. The van der Waals surface area contributed by atoms with Crippen LogP contribution >= 0.6 is 0 Å². The minimum Gasteiger partial charge on any atom is -0.346 e. The molecule has 4 heteroatoms. The SMILES string of the molecule is CCCCN(C)C(=O)C1CC1C(=O)N(CC)CC. The zero-order chi connectivity index (χ0) is 13.7. The summed E-state index contributed by atoms with van der Waals surface area (Å²) in [6.07, 6.45) is 2.86. The molecular weight excluding hydrogens is 228 g/mol. The quantitative estimate of drug-likeness (QED) is 0.694. The van der Waals surface area contributed by atoms with Crippen molar-refractivity contribution in [1.82, 2.24) is 9.80 Å². The molecule has 1 aliphatic carbocycles. The van der Waals surface area contributed by atoms with Crippen LogP contribution in [0.2, 0.25) is 0 Å². The number of rotatable bonds is 7. The molecular formula is C14H26N2O2. The molecule has 1 aliphatic rings. The number of amides is 2. The van der Waals surface area contributed by atoms with Gasteiger partial charge in [0.05, 0.1) is 11.8 Å². The normalized spacial score (nSPS) is 21.6. The van der Waals surface area contributed by atoms with Crippen molar-refractivity contribution in [3.8, 4) is 0 Å². The average molecular weight is 254 g/mol. The van der Waals surface area contributed by atoms with E-state index in [0.29, 0.717) is 0 Å². The van der Waals surface area contributed by atoms with Crippen molar-refractivity contribution in [1.29, 1.82) is 0 Å². The third kappa shape index (κ3) is 3.47. The van der Waals surface area contributed by atoms with Crippen LogP contribution in [-0.4, -0.2) is 48.3 Å². The van der Waals surface area contributed by atoms with E-state index in [1.807, 2.05) is 25.8 Å². The Balaban J connectivity index is 2.43. The summed E-state index contributed by atoms with van der Waals surface area (Å²) in [6, 6.07) is 0. The van der Waals surface area contributed by atoms with E-state index in [1.165, 1.54) is 0 Å². The van der Waals surface area contributed by atoms with E-state index in [1.54, 1.807) is 4.90 Å². The van der Waals surface area contributed by atoms with E-state index >= 15 is 0 Å². The molecule has 0 aromatic heterocycles. The van der Waals surface area contributed by atoms with Crippen LogP contribution in [0.1, 0.15) is 40.0 Å². The van der Waals surface area contributed by atoms with Gasteiger partial charge in [-0.15, -0.1) is 0 Å². The van der Waals surface area contributed by atoms with Gasteiger partial charge in [0.25, 0.3) is 0 Å². The van der Waals surface area contributed by atoms with Crippen LogP contribution in [0.5, 0.6) is 0 Å². The highest BCUT2D eigenvalue weighted by atomic mass is 16.2. The minimum absolute atomic E-state index is 0.0542. The van der Waals surface area contributed by atoms with Crippen molar-refractivity contribution in [2.75, 3.05) is 26.7 Å². The van der Waals surface area contributed by atoms with Gasteiger partial charge in [0.2, 0.25) is 11.8 Å². The van der Waals surface area contributed by atoms with Gasteiger partial charge in [-0.1, -0.05) is 13.3 Å². The lowest BCUT2D eigenvalue weighted by Crippen LogP contribution is -2.35. The van der Waals surface area contributed by atoms with Gasteiger partial charge in [-0.05, 0) is 26.7 Å². The number of unbranched alkanes of at least 4 members (excludes halogenated alkanes) is 1. The van der Waals surface area contributed by atoms with Crippen LogP contribution in [0.25, 0.3) is 0 Å². The number of carbonyl (C=O) groups is 2. The van der Waals surface area contributed by atoms with Crippen molar-refractivity contribution in [2.24, 2.45) is 11.8 Å². The third-order valence-electron chi connectivity index (χ3n) is 3.72. The lowest BCUT2D eigenvalue weighted by Gasteiger charge is -2.20. The molecule has 1 saturated carbocycles. The van der Waals surface area contributed by atoms with Crippen LogP contribution in [0, 0.1) is 11.8 Å². The molecule has 4 nitrogen and oxygen atoms in total. The lowest BCUT2D eigenvalue weighted by molar-refractivity contribution is -0.137. The molecule has 0 N–H and O–H groups in total. The Kier molecular flexibility index (Phi) is 5.63. The fourth-order valence-electron chi connectivity index (χ4n) is 2.30. The minimum atomic E-state index is -0.0556. The fraction of sp³-hybridized carbons (Fsp3) is 0.857. The zero-order valence-corrected chi connectivity index (χ0v) is 12.1. The summed E-state index contributed by atoms with van der Waals surface area (Å²) in [5.74, 6) is 0.192. The van der Waals surface area contributed by atoms with Crippen LogP contribution < -0.4 is 0 Å². The van der Waals surface area contributed by atoms with Gasteiger partial charge >= 0.3 is 0 Å². The monoisotopic (exact) mass is 254 g/mol. The highest BCUT2D eigenvalue weighted by molar-refractivity contribution is 5.92. The number of carbonyl (C=O) groups excluding carboxylic acids is 2. The Morgan fingerprint density at radius 1 is 1.06 bits per heavy atom.